The molecule has 1 aliphatic heterocycles. The van der Waals surface area contributed by atoms with Gasteiger partial charge in [-0.25, -0.2) is 9.35 Å². The molecule has 1 aromatic carbocycles. The molecule has 8 heteroatoms. The molecule has 1 unspecified atom stereocenters. The Balaban J connectivity index is 2.42. The van der Waals surface area contributed by atoms with Gasteiger partial charge in [0.25, 0.3) is 5.91 Å². The van der Waals surface area contributed by atoms with Gasteiger partial charge < -0.3 is 9.84 Å². The second-order valence-corrected chi connectivity index (χ2v) is 13.7. The van der Waals surface area contributed by atoms with Crippen molar-refractivity contribution in [3.63, 3.8) is 0 Å². The second kappa shape index (κ2) is 9.97. The number of amides is 1. The molecule has 0 saturated carbocycles. The van der Waals surface area contributed by atoms with Gasteiger partial charge in [-0.1, -0.05) is 39.8 Å². The minimum absolute atomic E-state index is 0.0506. The van der Waals surface area contributed by atoms with Crippen LogP contribution in [0.15, 0.2) is 27.5 Å². The second-order valence-electron chi connectivity index (χ2n) is 9.86. The lowest BCUT2D eigenvalue weighted by Crippen LogP contribution is -2.38. The first-order valence-electron chi connectivity index (χ1n) is 10.9. The van der Waals surface area contributed by atoms with Gasteiger partial charge in [-0.05, 0) is 65.8 Å². The fourth-order valence-electron chi connectivity index (χ4n) is 3.86. The van der Waals surface area contributed by atoms with Crippen LogP contribution in [0, 0.1) is 0 Å². The van der Waals surface area contributed by atoms with Crippen molar-refractivity contribution in [2.24, 2.45) is 9.50 Å². The third-order valence-corrected chi connectivity index (χ3v) is 9.77. The Morgan fingerprint density at radius 1 is 1.28 bits per heavy atom. The first kappa shape index (κ1) is 27.1. The zero-order chi connectivity index (χ0) is 24.5. The fourth-order valence-corrected chi connectivity index (χ4v) is 6.59. The third-order valence-electron chi connectivity index (χ3n) is 5.87. The Morgan fingerprint density at radius 3 is 2.22 bits per heavy atom. The maximum Gasteiger partial charge on any atom is 0.259 e. The normalized spacial score (nSPS) is 21.1. The molecule has 0 saturated heterocycles. The number of carbonyl (C=O) groups is 1. The summed E-state index contributed by atoms with van der Waals surface area (Å²) in [5, 5.41) is 18.2. The first-order valence-corrected chi connectivity index (χ1v) is 13.4. The van der Waals surface area contributed by atoms with E-state index in [9.17, 15) is 14.1 Å². The topological polar surface area (TPSA) is 102 Å². The summed E-state index contributed by atoms with van der Waals surface area (Å²) in [5.41, 5.74) is 3.84. The number of benzene rings is 1. The zero-order valence-electron chi connectivity index (χ0n) is 20.5. The number of methoxy groups -OCH3 is 1. The predicted molar refractivity (Wildman–Crippen MR) is 134 cm³/mol. The van der Waals surface area contributed by atoms with E-state index in [-0.39, 0.29) is 18.3 Å². The summed E-state index contributed by atoms with van der Waals surface area (Å²) in [7, 11) is -1.69. The van der Waals surface area contributed by atoms with Crippen molar-refractivity contribution in [2.75, 3.05) is 7.11 Å². The Hall–Kier alpha value is -1.19. The van der Waals surface area contributed by atoms with Crippen LogP contribution in [0.1, 0.15) is 89.0 Å². The van der Waals surface area contributed by atoms with Crippen LogP contribution in [0.25, 0.3) is 0 Å². The number of hydrogen-bond acceptors (Lipinski definition) is 5. The van der Waals surface area contributed by atoms with E-state index >= 15 is 0 Å². The molecule has 0 bridgehead atoms. The Bertz CT molecular complexity index is 986. The van der Waals surface area contributed by atoms with E-state index in [1.54, 1.807) is 33.3 Å². The summed E-state index contributed by atoms with van der Waals surface area (Å²) in [5.74, 6) is -0.0779. The van der Waals surface area contributed by atoms with Crippen LogP contribution in [0.4, 0.5) is 0 Å². The van der Waals surface area contributed by atoms with Crippen LogP contribution in [0.5, 0.6) is 0 Å². The van der Waals surface area contributed by atoms with Crippen LogP contribution in [-0.4, -0.2) is 32.0 Å². The molecule has 180 valence electrons. The lowest BCUT2D eigenvalue weighted by atomic mass is 9.85. The minimum Gasteiger partial charge on any atom is -0.386 e. The van der Waals surface area contributed by atoms with Gasteiger partial charge in [0.05, 0.1) is 18.6 Å². The monoisotopic (exact) mass is 482 g/mol. The Morgan fingerprint density at radius 2 is 1.81 bits per heavy atom. The number of aliphatic hydroxyl groups is 1. The van der Waals surface area contributed by atoms with E-state index in [1.807, 2.05) is 0 Å². The third kappa shape index (κ3) is 6.03. The number of nitrogens with zero attached hydrogens (tertiary/aromatic N) is 1. The molecule has 0 aliphatic carbocycles. The molecule has 6 nitrogen and oxygen atoms in total. The highest BCUT2D eigenvalue weighted by molar-refractivity contribution is 8.16. The van der Waals surface area contributed by atoms with Gasteiger partial charge in [0.1, 0.15) is 14.0 Å². The number of rotatable bonds is 8. The molecule has 32 heavy (non-hydrogen) atoms. The van der Waals surface area contributed by atoms with E-state index in [0.29, 0.717) is 13.0 Å². The molecule has 1 heterocycles. The average molecular weight is 483 g/mol. The molecule has 1 amide bonds. The summed E-state index contributed by atoms with van der Waals surface area (Å²) in [6.45, 7) is 14.0. The molecule has 2 atom stereocenters. The summed E-state index contributed by atoms with van der Waals surface area (Å²) >= 11 is 1.28. The summed E-state index contributed by atoms with van der Waals surface area (Å²) < 4.78 is 21.8. The van der Waals surface area contributed by atoms with Gasteiger partial charge in [0, 0.05) is 13.5 Å². The number of nitrogens with two attached hydrogens (primary N) is 1. The van der Waals surface area contributed by atoms with Crippen molar-refractivity contribution in [3.05, 3.63) is 45.4 Å². The number of hydrogen-bond donors (Lipinski definition) is 2. The maximum atomic E-state index is 13.4. The zero-order valence-corrected chi connectivity index (χ0v) is 22.2. The molecule has 1 aromatic rings. The molecule has 0 fully saturated rings. The van der Waals surface area contributed by atoms with Crippen molar-refractivity contribution in [3.8, 4) is 0 Å². The Kier molecular flexibility index (Phi) is 8.43. The van der Waals surface area contributed by atoms with Crippen LogP contribution in [-0.2, 0) is 32.5 Å². The van der Waals surface area contributed by atoms with Gasteiger partial charge in [-0.3, -0.25) is 4.79 Å². The largest absolute Gasteiger partial charge is 0.386 e. The lowest BCUT2D eigenvalue weighted by Gasteiger charge is -2.27. The highest BCUT2D eigenvalue weighted by Gasteiger charge is 2.43. The minimum atomic E-state index is -3.35. The van der Waals surface area contributed by atoms with Crippen LogP contribution < -0.4 is 5.14 Å². The van der Waals surface area contributed by atoms with Crippen LogP contribution in [0.3, 0.4) is 0 Å². The summed E-state index contributed by atoms with van der Waals surface area (Å²) in [6.07, 6.45) is 0.364. The number of thioether (sulfide) groups is 1. The quantitative estimate of drug-likeness (QED) is 0.543. The van der Waals surface area contributed by atoms with Crippen molar-refractivity contribution in [1.82, 2.24) is 0 Å². The van der Waals surface area contributed by atoms with Gasteiger partial charge in [0.2, 0.25) is 0 Å². The molecular weight excluding hydrogens is 444 g/mol. The van der Waals surface area contributed by atoms with E-state index in [2.05, 4.69) is 44.2 Å². The van der Waals surface area contributed by atoms with Gasteiger partial charge >= 0.3 is 0 Å². The summed E-state index contributed by atoms with van der Waals surface area (Å²) in [6, 6.07) is 4.16. The van der Waals surface area contributed by atoms with E-state index in [1.165, 1.54) is 11.8 Å². The van der Waals surface area contributed by atoms with Gasteiger partial charge in [-0.15, -0.1) is 16.1 Å². The predicted octanol–water partition coefficient (Wildman–Crippen LogP) is 5.00. The van der Waals surface area contributed by atoms with Crippen molar-refractivity contribution in [1.29, 1.82) is 0 Å². The molecule has 3 N–H and O–H groups in total. The molecular formula is C24H38N2O4S2. The van der Waals surface area contributed by atoms with Crippen molar-refractivity contribution >= 4 is 27.6 Å². The molecule has 0 spiro atoms. The number of carbonyl (C=O) groups excluding carboxylic acids is 1. The van der Waals surface area contributed by atoms with Crippen LogP contribution >= 0.6 is 11.8 Å². The standard InChI is InChI=1S/C24H38N2O4S2/c1-15(2)19-9-17(13-30-8)10-20(16(3)4)21(19)11-22(27)26-32(25,29)24(7)12-18(14-31-24)23(5,6)28/h9-10,14-16,28H,11-13H2,1-8H3,(H2,25,26,27,29)/t24-,32?/m1/s1. The molecule has 2 rings (SSSR count). The van der Waals surface area contributed by atoms with E-state index in [0.717, 1.165) is 27.8 Å². The SMILES string of the molecule is COCc1cc(C(C)C)c(CC(=O)N=S(N)(=O)[C@]2(C)CC(C(C)(C)O)=CS2)c(C(C)C)c1. The number of ether oxygens (including phenoxy) is 1. The molecule has 0 radical (unpaired) electrons. The van der Waals surface area contributed by atoms with E-state index in [4.69, 9.17) is 9.88 Å². The maximum absolute atomic E-state index is 13.4. The van der Waals surface area contributed by atoms with Crippen molar-refractivity contribution in [2.45, 2.75) is 89.4 Å². The average Bonchev–Trinajstić information content (AvgIpc) is 3.06. The van der Waals surface area contributed by atoms with Crippen molar-refractivity contribution < 1.29 is 18.8 Å². The smallest absolute Gasteiger partial charge is 0.259 e. The van der Waals surface area contributed by atoms with Crippen LogP contribution in [0.2, 0.25) is 0 Å². The molecule has 1 aliphatic rings. The van der Waals surface area contributed by atoms with E-state index < -0.39 is 25.5 Å². The fraction of sp³-hybridized carbons (Fsp3) is 0.625. The summed E-state index contributed by atoms with van der Waals surface area (Å²) in [4.78, 5) is 13.0. The lowest BCUT2D eigenvalue weighted by molar-refractivity contribution is -0.117. The Labute approximate surface area is 197 Å². The highest BCUT2D eigenvalue weighted by atomic mass is 32.3. The molecule has 0 aromatic heterocycles. The van der Waals surface area contributed by atoms with Gasteiger partial charge in [-0.2, -0.15) is 0 Å². The first-order chi connectivity index (χ1) is 14.6. The highest BCUT2D eigenvalue weighted by Crippen LogP contribution is 2.47. The van der Waals surface area contributed by atoms with Gasteiger partial charge in [0.15, 0.2) is 0 Å².